The van der Waals surface area contributed by atoms with Crippen molar-refractivity contribution in [3.05, 3.63) is 42.0 Å². The number of benzene rings is 1. The summed E-state index contributed by atoms with van der Waals surface area (Å²) in [5.41, 5.74) is 0.0378. The first-order valence-corrected chi connectivity index (χ1v) is 9.92. The molecule has 29 heavy (non-hydrogen) atoms. The van der Waals surface area contributed by atoms with Crippen molar-refractivity contribution in [1.82, 2.24) is 10.6 Å². The van der Waals surface area contributed by atoms with Gasteiger partial charge >= 0.3 is 5.97 Å². The van der Waals surface area contributed by atoms with Crippen LogP contribution in [0.4, 0.5) is 0 Å². The van der Waals surface area contributed by atoms with Crippen LogP contribution >= 0.6 is 0 Å². The molecular weight excluding hydrogens is 370 g/mol. The number of amides is 2. The molecule has 154 valence electrons. The maximum atomic E-state index is 12.1. The zero-order valence-electron chi connectivity index (χ0n) is 16.5. The van der Waals surface area contributed by atoms with E-state index in [1.165, 1.54) is 6.08 Å². The molecule has 0 spiro atoms. The molecule has 0 radical (unpaired) electrons. The van der Waals surface area contributed by atoms with Crippen LogP contribution in [0.15, 0.2) is 36.4 Å². The van der Waals surface area contributed by atoms with E-state index < -0.39 is 24.0 Å². The Hall–Kier alpha value is -3.14. The fourth-order valence-corrected chi connectivity index (χ4v) is 3.20. The molecule has 0 atom stereocenters. The SMILES string of the molecule is N#CC1(NC(=O)COC(=O)CCNC(=O)/C=C/c2ccccc2)CCCCCC1. The molecule has 1 aliphatic rings. The summed E-state index contributed by atoms with van der Waals surface area (Å²) in [6.07, 6.45) is 8.16. The molecule has 2 N–H and O–H groups in total. The lowest BCUT2D eigenvalue weighted by Gasteiger charge is -2.26. The highest BCUT2D eigenvalue weighted by atomic mass is 16.5. The van der Waals surface area contributed by atoms with Crippen LogP contribution in [0.1, 0.15) is 50.5 Å². The first kappa shape index (κ1) is 22.2. The summed E-state index contributed by atoms with van der Waals surface area (Å²) in [6, 6.07) is 11.6. The Labute approximate surface area is 171 Å². The van der Waals surface area contributed by atoms with Gasteiger partial charge in [0, 0.05) is 12.6 Å². The highest BCUT2D eigenvalue weighted by Crippen LogP contribution is 2.26. The molecule has 2 rings (SSSR count). The summed E-state index contributed by atoms with van der Waals surface area (Å²) in [4.78, 5) is 35.6. The van der Waals surface area contributed by atoms with Crippen molar-refractivity contribution in [3.8, 4) is 6.07 Å². The number of hydrogen-bond donors (Lipinski definition) is 2. The molecule has 0 saturated heterocycles. The van der Waals surface area contributed by atoms with Gasteiger partial charge in [0.05, 0.1) is 12.5 Å². The standard InChI is InChI=1S/C22H27N3O4/c23-17-22(13-6-1-2-7-14-22)25-20(27)16-29-21(28)12-15-24-19(26)11-10-18-8-4-3-5-9-18/h3-5,8-11H,1-2,6-7,12-16H2,(H,24,26)(H,25,27)/b11-10+. The van der Waals surface area contributed by atoms with E-state index in [9.17, 15) is 19.6 Å². The number of hydrogen-bond acceptors (Lipinski definition) is 5. The molecule has 7 nitrogen and oxygen atoms in total. The number of nitriles is 1. The second-order valence-electron chi connectivity index (χ2n) is 7.10. The summed E-state index contributed by atoms with van der Waals surface area (Å²) in [5.74, 6) is -1.38. The number of carbonyl (C=O) groups excluding carboxylic acids is 3. The molecule has 0 aromatic heterocycles. The quantitative estimate of drug-likeness (QED) is 0.398. The van der Waals surface area contributed by atoms with Gasteiger partial charge in [0.15, 0.2) is 6.61 Å². The van der Waals surface area contributed by atoms with Crippen LogP contribution in [-0.2, 0) is 19.1 Å². The molecule has 7 heteroatoms. The first-order valence-electron chi connectivity index (χ1n) is 9.92. The average Bonchev–Trinajstić information content (AvgIpc) is 2.97. The molecule has 1 saturated carbocycles. The third-order valence-electron chi connectivity index (χ3n) is 4.77. The van der Waals surface area contributed by atoms with Crippen molar-refractivity contribution in [1.29, 1.82) is 5.26 Å². The van der Waals surface area contributed by atoms with Crippen LogP contribution < -0.4 is 10.6 Å². The summed E-state index contributed by atoms with van der Waals surface area (Å²) in [6.45, 7) is -0.315. The molecule has 0 unspecified atom stereocenters. The monoisotopic (exact) mass is 397 g/mol. The maximum Gasteiger partial charge on any atom is 0.308 e. The van der Waals surface area contributed by atoms with Crippen molar-refractivity contribution >= 4 is 23.9 Å². The van der Waals surface area contributed by atoms with Crippen LogP contribution in [0.5, 0.6) is 0 Å². The molecule has 1 fully saturated rings. The first-order chi connectivity index (χ1) is 14.0. The van der Waals surface area contributed by atoms with Crippen molar-refractivity contribution < 1.29 is 19.1 Å². The molecule has 1 aliphatic carbocycles. The molecular formula is C22H27N3O4. The smallest absolute Gasteiger partial charge is 0.308 e. The van der Waals surface area contributed by atoms with Crippen LogP contribution in [0.3, 0.4) is 0 Å². The molecule has 1 aromatic rings. The lowest BCUT2D eigenvalue weighted by atomic mass is 9.92. The molecule has 0 bridgehead atoms. The fraction of sp³-hybridized carbons (Fsp3) is 0.455. The Morgan fingerprint density at radius 1 is 1.10 bits per heavy atom. The van der Waals surface area contributed by atoms with Crippen LogP contribution in [0.25, 0.3) is 6.08 Å². The van der Waals surface area contributed by atoms with Gasteiger partial charge in [-0.15, -0.1) is 0 Å². The van der Waals surface area contributed by atoms with E-state index in [1.54, 1.807) is 6.08 Å². The number of nitrogens with one attached hydrogen (secondary N) is 2. The van der Waals surface area contributed by atoms with Gasteiger partial charge in [-0.1, -0.05) is 56.0 Å². The number of rotatable bonds is 8. The molecule has 2 amide bonds. The Morgan fingerprint density at radius 3 is 2.45 bits per heavy atom. The van der Waals surface area contributed by atoms with E-state index in [1.807, 2.05) is 30.3 Å². The lowest BCUT2D eigenvalue weighted by molar-refractivity contribution is -0.148. The Balaban J connectivity index is 1.65. The van der Waals surface area contributed by atoms with E-state index in [0.717, 1.165) is 31.2 Å². The van der Waals surface area contributed by atoms with Crippen molar-refractivity contribution in [2.75, 3.05) is 13.2 Å². The van der Waals surface area contributed by atoms with Crippen LogP contribution in [0.2, 0.25) is 0 Å². The predicted molar refractivity (Wildman–Crippen MR) is 108 cm³/mol. The third kappa shape index (κ3) is 8.18. The van der Waals surface area contributed by atoms with Crippen molar-refractivity contribution in [2.24, 2.45) is 0 Å². The predicted octanol–water partition coefficient (Wildman–Crippen LogP) is 2.48. The van der Waals surface area contributed by atoms with Gasteiger partial charge < -0.3 is 15.4 Å². The Bertz CT molecular complexity index is 760. The van der Waals surface area contributed by atoms with E-state index in [-0.39, 0.29) is 18.9 Å². The Kier molecular flexibility index (Phi) is 8.90. The van der Waals surface area contributed by atoms with Gasteiger partial charge in [-0.05, 0) is 24.5 Å². The highest BCUT2D eigenvalue weighted by Gasteiger charge is 2.32. The summed E-state index contributed by atoms with van der Waals surface area (Å²) >= 11 is 0. The van der Waals surface area contributed by atoms with Gasteiger partial charge in [0.1, 0.15) is 5.54 Å². The van der Waals surface area contributed by atoms with E-state index in [2.05, 4.69) is 16.7 Å². The number of esters is 1. The van der Waals surface area contributed by atoms with Gasteiger partial charge in [-0.25, -0.2) is 0 Å². The highest BCUT2D eigenvalue weighted by molar-refractivity contribution is 5.91. The molecule has 0 heterocycles. The zero-order chi connectivity index (χ0) is 21.0. The zero-order valence-corrected chi connectivity index (χ0v) is 16.5. The topological polar surface area (TPSA) is 108 Å². The molecule has 0 aliphatic heterocycles. The maximum absolute atomic E-state index is 12.1. The van der Waals surface area contributed by atoms with E-state index in [4.69, 9.17) is 4.74 Å². The van der Waals surface area contributed by atoms with Gasteiger partial charge in [0.2, 0.25) is 5.91 Å². The minimum Gasteiger partial charge on any atom is -0.456 e. The van der Waals surface area contributed by atoms with Gasteiger partial charge in [-0.3, -0.25) is 14.4 Å². The number of ether oxygens (including phenoxy) is 1. The van der Waals surface area contributed by atoms with Gasteiger partial charge in [0.25, 0.3) is 5.91 Å². The van der Waals surface area contributed by atoms with E-state index in [0.29, 0.717) is 12.8 Å². The largest absolute Gasteiger partial charge is 0.456 e. The Morgan fingerprint density at radius 2 is 1.79 bits per heavy atom. The summed E-state index contributed by atoms with van der Waals surface area (Å²) in [5, 5.41) is 14.8. The average molecular weight is 397 g/mol. The number of nitrogens with zero attached hydrogens (tertiary/aromatic N) is 1. The normalized spacial score (nSPS) is 15.7. The van der Waals surface area contributed by atoms with Crippen LogP contribution in [-0.4, -0.2) is 36.5 Å². The minimum absolute atomic E-state index is 0.0401. The van der Waals surface area contributed by atoms with Crippen molar-refractivity contribution in [2.45, 2.75) is 50.5 Å². The molecule has 1 aromatic carbocycles. The van der Waals surface area contributed by atoms with E-state index >= 15 is 0 Å². The van der Waals surface area contributed by atoms with Crippen molar-refractivity contribution in [3.63, 3.8) is 0 Å². The lowest BCUT2D eigenvalue weighted by Crippen LogP contribution is -2.48. The van der Waals surface area contributed by atoms with Crippen LogP contribution in [0, 0.1) is 11.3 Å². The number of carbonyl (C=O) groups is 3. The second-order valence-corrected chi connectivity index (χ2v) is 7.10. The fourth-order valence-electron chi connectivity index (χ4n) is 3.20. The summed E-state index contributed by atoms with van der Waals surface area (Å²) < 4.78 is 4.95. The summed E-state index contributed by atoms with van der Waals surface area (Å²) in [7, 11) is 0. The minimum atomic E-state index is -0.862. The van der Waals surface area contributed by atoms with Gasteiger partial charge in [-0.2, -0.15) is 5.26 Å². The third-order valence-corrected chi connectivity index (χ3v) is 4.77. The second kappa shape index (κ2) is 11.6.